The molecule has 0 spiro atoms. The number of aliphatic carboxylic acids is 1. The number of carbonyl (C=O) groups is 1. The minimum atomic E-state index is -4.36. The van der Waals surface area contributed by atoms with Crippen LogP contribution >= 0.6 is 11.3 Å². The van der Waals surface area contributed by atoms with Crippen molar-refractivity contribution < 1.29 is 27.8 Å². The lowest BCUT2D eigenvalue weighted by molar-refractivity contribution is -0.138. The second-order valence-corrected chi connectivity index (χ2v) is 8.77. The van der Waals surface area contributed by atoms with Crippen LogP contribution in [0.1, 0.15) is 46.5 Å². The van der Waals surface area contributed by atoms with Crippen molar-refractivity contribution >= 4 is 17.3 Å². The molecule has 0 aliphatic heterocycles. The number of carboxylic acid groups (broad SMARTS) is 1. The first-order valence-electron chi connectivity index (χ1n) is 10.1. The summed E-state index contributed by atoms with van der Waals surface area (Å²) in [6, 6.07) is 10.7. The Hall–Kier alpha value is -2.87. The zero-order valence-corrected chi connectivity index (χ0v) is 18.8. The molecule has 1 N–H and O–H groups in total. The molecule has 0 amide bonds. The van der Waals surface area contributed by atoms with Crippen LogP contribution in [-0.2, 0) is 17.4 Å². The van der Waals surface area contributed by atoms with Crippen LogP contribution in [-0.4, -0.2) is 22.7 Å². The number of halogens is 3. The highest BCUT2D eigenvalue weighted by molar-refractivity contribution is 7.15. The van der Waals surface area contributed by atoms with Crippen LogP contribution in [0, 0.1) is 13.8 Å². The normalized spacial score (nSPS) is 12.6. The van der Waals surface area contributed by atoms with Crippen LogP contribution < -0.4 is 4.74 Å². The summed E-state index contributed by atoms with van der Waals surface area (Å²) in [5.41, 5.74) is 2.77. The van der Waals surface area contributed by atoms with Crippen molar-refractivity contribution in [1.29, 1.82) is 0 Å². The van der Waals surface area contributed by atoms with Gasteiger partial charge in [-0.1, -0.05) is 25.1 Å². The summed E-state index contributed by atoms with van der Waals surface area (Å²) in [6.07, 6.45) is -3.80. The number of aryl methyl sites for hydroxylation is 3. The molecule has 170 valence electrons. The molecule has 0 aliphatic rings. The van der Waals surface area contributed by atoms with E-state index in [2.05, 4.69) is 4.98 Å². The minimum Gasteiger partial charge on any atom is -0.493 e. The van der Waals surface area contributed by atoms with Gasteiger partial charge in [-0.25, -0.2) is 4.98 Å². The molecule has 2 aromatic carbocycles. The molecule has 0 aliphatic carbocycles. The molecule has 3 aromatic rings. The van der Waals surface area contributed by atoms with Gasteiger partial charge in [0.05, 0.1) is 17.9 Å². The Bertz CT molecular complexity index is 1090. The largest absolute Gasteiger partial charge is 0.493 e. The Morgan fingerprint density at radius 1 is 1.16 bits per heavy atom. The lowest BCUT2D eigenvalue weighted by Crippen LogP contribution is -2.07. The van der Waals surface area contributed by atoms with E-state index in [0.29, 0.717) is 29.3 Å². The topological polar surface area (TPSA) is 59.4 Å². The van der Waals surface area contributed by atoms with Crippen LogP contribution in [0.15, 0.2) is 42.5 Å². The van der Waals surface area contributed by atoms with E-state index in [0.717, 1.165) is 33.8 Å². The fraction of sp³-hybridized carbons (Fsp3) is 0.333. The van der Waals surface area contributed by atoms with Gasteiger partial charge in [0.2, 0.25) is 0 Å². The fourth-order valence-corrected chi connectivity index (χ4v) is 4.48. The molecule has 32 heavy (non-hydrogen) atoms. The Morgan fingerprint density at radius 3 is 2.44 bits per heavy atom. The summed E-state index contributed by atoms with van der Waals surface area (Å²) in [5.74, 6) is -0.0737. The van der Waals surface area contributed by atoms with Gasteiger partial charge in [-0.2, -0.15) is 13.2 Å². The zero-order valence-electron chi connectivity index (χ0n) is 18.0. The first kappa shape index (κ1) is 23.8. The van der Waals surface area contributed by atoms with Crippen LogP contribution in [0.2, 0.25) is 0 Å². The third-order valence-electron chi connectivity index (χ3n) is 5.16. The molecular weight excluding hydrogens is 439 g/mol. The van der Waals surface area contributed by atoms with Crippen molar-refractivity contribution in [3.8, 4) is 16.3 Å². The van der Waals surface area contributed by atoms with E-state index in [4.69, 9.17) is 9.84 Å². The maximum Gasteiger partial charge on any atom is 0.416 e. The van der Waals surface area contributed by atoms with Gasteiger partial charge in [0.15, 0.2) is 0 Å². The van der Waals surface area contributed by atoms with Crippen molar-refractivity contribution in [2.24, 2.45) is 0 Å². The van der Waals surface area contributed by atoms with Crippen molar-refractivity contribution in [3.63, 3.8) is 0 Å². The van der Waals surface area contributed by atoms with Gasteiger partial charge >= 0.3 is 12.1 Å². The Labute approximate surface area is 188 Å². The average Bonchev–Trinajstić information content (AvgIpc) is 3.12. The number of benzene rings is 2. The van der Waals surface area contributed by atoms with Crippen LogP contribution in [0.4, 0.5) is 13.2 Å². The van der Waals surface area contributed by atoms with E-state index in [-0.39, 0.29) is 12.3 Å². The lowest BCUT2D eigenvalue weighted by Gasteiger charge is -2.14. The summed E-state index contributed by atoms with van der Waals surface area (Å²) in [7, 11) is 0. The molecule has 0 radical (unpaired) electrons. The van der Waals surface area contributed by atoms with Crippen molar-refractivity contribution in [2.75, 3.05) is 6.61 Å². The minimum absolute atomic E-state index is 0.0442. The molecule has 3 rings (SSSR count). The predicted octanol–water partition coefficient (Wildman–Crippen LogP) is 6.65. The second kappa shape index (κ2) is 9.73. The molecular formula is C24H24F3NO3S. The molecule has 0 saturated heterocycles. The standard InChI is InChI=1S/C24H24F3NO3S/c1-14-12-20(10-6-17(14)7-11-21(29)30)31-13-15(2)22-16(3)28-23(32-22)18-4-8-19(9-5-18)24(25,26)27/h4-6,8-10,12,15H,7,11,13H2,1-3H3,(H,29,30). The van der Waals surface area contributed by atoms with Gasteiger partial charge in [0, 0.05) is 22.8 Å². The summed E-state index contributed by atoms with van der Waals surface area (Å²) >= 11 is 1.46. The van der Waals surface area contributed by atoms with Gasteiger partial charge in [-0.3, -0.25) is 4.79 Å². The number of aromatic nitrogens is 1. The highest BCUT2D eigenvalue weighted by Crippen LogP contribution is 2.35. The van der Waals surface area contributed by atoms with Gasteiger partial charge in [0.1, 0.15) is 10.8 Å². The molecule has 1 aromatic heterocycles. The summed E-state index contributed by atoms with van der Waals surface area (Å²) in [5, 5.41) is 9.52. The fourth-order valence-electron chi connectivity index (χ4n) is 3.37. The number of nitrogens with zero attached hydrogens (tertiary/aromatic N) is 1. The maximum absolute atomic E-state index is 12.8. The molecule has 8 heteroatoms. The molecule has 0 bridgehead atoms. The number of alkyl halides is 3. The number of rotatable bonds is 8. The lowest BCUT2D eigenvalue weighted by atomic mass is 10.0. The summed E-state index contributed by atoms with van der Waals surface area (Å²) in [4.78, 5) is 16.3. The van der Waals surface area contributed by atoms with Crippen LogP contribution in [0.5, 0.6) is 5.75 Å². The average molecular weight is 464 g/mol. The highest BCUT2D eigenvalue weighted by atomic mass is 32.1. The van der Waals surface area contributed by atoms with Gasteiger partial charge in [-0.15, -0.1) is 11.3 Å². The molecule has 0 fully saturated rings. The molecule has 1 unspecified atom stereocenters. The van der Waals surface area contributed by atoms with Gasteiger partial charge in [0.25, 0.3) is 0 Å². The van der Waals surface area contributed by atoms with Crippen LogP contribution in [0.3, 0.4) is 0 Å². The van der Waals surface area contributed by atoms with E-state index in [9.17, 15) is 18.0 Å². The maximum atomic E-state index is 12.8. The third-order valence-corrected chi connectivity index (χ3v) is 6.60. The molecule has 1 atom stereocenters. The van der Waals surface area contributed by atoms with E-state index in [1.54, 1.807) is 0 Å². The first-order chi connectivity index (χ1) is 15.0. The number of hydrogen-bond donors (Lipinski definition) is 1. The monoisotopic (exact) mass is 463 g/mol. The smallest absolute Gasteiger partial charge is 0.416 e. The molecule has 0 saturated carbocycles. The quantitative estimate of drug-likeness (QED) is 0.407. The van der Waals surface area contributed by atoms with Gasteiger partial charge < -0.3 is 9.84 Å². The SMILES string of the molecule is Cc1cc(OCC(C)c2sc(-c3ccc(C(F)(F)F)cc3)nc2C)ccc1CCC(=O)O. The Morgan fingerprint density at radius 2 is 1.84 bits per heavy atom. The second-order valence-electron chi connectivity index (χ2n) is 7.74. The number of hydrogen-bond acceptors (Lipinski definition) is 4. The molecule has 1 heterocycles. The zero-order chi connectivity index (χ0) is 23.5. The highest BCUT2D eigenvalue weighted by Gasteiger charge is 2.30. The van der Waals surface area contributed by atoms with E-state index < -0.39 is 17.7 Å². The number of ether oxygens (including phenoxy) is 1. The van der Waals surface area contributed by atoms with E-state index in [1.165, 1.54) is 23.5 Å². The first-order valence-corrected chi connectivity index (χ1v) is 11.0. The van der Waals surface area contributed by atoms with Crippen molar-refractivity contribution in [3.05, 3.63) is 69.7 Å². The third kappa shape index (κ3) is 5.88. The van der Waals surface area contributed by atoms with E-state index >= 15 is 0 Å². The number of thiazole rings is 1. The predicted molar refractivity (Wildman–Crippen MR) is 118 cm³/mol. The summed E-state index contributed by atoms with van der Waals surface area (Å²) in [6.45, 7) is 6.25. The van der Waals surface area contributed by atoms with E-state index in [1.807, 2.05) is 39.0 Å². The van der Waals surface area contributed by atoms with Crippen molar-refractivity contribution in [1.82, 2.24) is 4.98 Å². The summed E-state index contributed by atoms with van der Waals surface area (Å²) < 4.78 is 44.3. The van der Waals surface area contributed by atoms with Crippen molar-refractivity contribution in [2.45, 2.75) is 45.7 Å². The van der Waals surface area contributed by atoms with Gasteiger partial charge in [-0.05, 0) is 55.7 Å². The molecule has 4 nitrogen and oxygen atoms in total. The van der Waals surface area contributed by atoms with Crippen LogP contribution in [0.25, 0.3) is 10.6 Å². The Balaban J connectivity index is 1.66. The number of carboxylic acids is 1. The Kier molecular flexibility index (Phi) is 7.23.